The average Bonchev–Trinajstić information content (AvgIpc) is 1.86. The molecule has 0 radical (unpaired) electrons. The van der Waals surface area contributed by atoms with Crippen molar-refractivity contribution in [1.29, 1.82) is 0 Å². The van der Waals surface area contributed by atoms with Gasteiger partial charge in [-0.05, 0) is 26.4 Å². The molecular weight excluding hydrogens is 126 g/mol. The van der Waals surface area contributed by atoms with E-state index in [1.54, 1.807) is 0 Å². The van der Waals surface area contributed by atoms with Crippen LogP contribution in [0.2, 0.25) is 0 Å². The summed E-state index contributed by atoms with van der Waals surface area (Å²) in [5.41, 5.74) is 0. The molecule has 0 heterocycles. The second-order valence-corrected chi connectivity index (χ2v) is 3.10. The Morgan fingerprint density at radius 2 is 2.00 bits per heavy atom. The molecule has 0 bridgehead atoms. The second kappa shape index (κ2) is 5.69. The van der Waals surface area contributed by atoms with Crippen LogP contribution in [0.4, 0.5) is 0 Å². The standard InChI is InChI=1S/C8H19NO/c1-4-5-8(7-10)6-9(2)3/h8,10H,4-7H2,1-3H3. The van der Waals surface area contributed by atoms with Crippen molar-refractivity contribution in [3.63, 3.8) is 0 Å². The van der Waals surface area contributed by atoms with Gasteiger partial charge in [-0.1, -0.05) is 13.3 Å². The van der Waals surface area contributed by atoms with Gasteiger partial charge in [-0.2, -0.15) is 0 Å². The van der Waals surface area contributed by atoms with E-state index in [0.29, 0.717) is 12.5 Å². The molecule has 2 heteroatoms. The molecule has 0 spiro atoms. The lowest BCUT2D eigenvalue weighted by Gasteiger charge is -2.17. The van der Waals surface area contributed by atoms with Gasteiger partial charge in [0.05, 0.1) is 0 Å². The van der Waals surface area contributed by atoms with Gasteiger partial charge >= 0.3 is 0 Å². The molecule has 0 rings (SSSR count). The normalized spacial score (nSPS) is 14.1. The third-order valence-electron chi connectivity index (χ3n) is 1.58. The fourth-order valence-electron chi connectivity index (χ4n) is 1.16. The number of hydrogen-bond donors (Lipinski definition) is 1. The SMILES string of the molecule is CCCC(CO)CN(C)C. The fraction of sp³-hybridized carbons (Fsp3) is 1.00. The van der Waals surface area contributed by atoms with Gasteiger partial charge in [0.25, 0.3) is 0 Å². The van der Waals surface area contributed by atoms with Gasteiger partial charge in [0, 0.05) is 13.2 Å². The van der Waals surface area contributed by atoms with Crippen LogP contribution in [0.15, 0.2) is 0 Å². The third kappa shape index (κ3) is 4.77. The van der Waals surface area contributed by atoms with Gasteiger partial charge in [-0.15, -0.1) is 0 Å². The zero-order chi connectivity index (χ0) is 7.98. The highest BCUT2D eigenvalue weighted by Crippen LogP contribution is 2.05. The molecule has 62 valence electrons. The maximum atomic E-state index is 8.88. The van der Waals surface area contributed by atoms with Crippen molar-refractivity contribution in [1.82, 2.24) is 4.90 Å². The minimum Gasteiger partial charge on any atom is -0.396 e. The van der Waals surface area contributed by atoms with Gasteiger partial charge in [0.2, 0.25) is 0 Å². The molecule has 0 aliphatic carbocycles. The topological polar surface area (TPSA) is 23.5 Å². The maximum Gasteiger partial charge on any atom is 0.0471 e. The smallest absolute Gasteiger partial charge is 0.0471 e. The molecule has 0 aromatic rings. The molecule has 10 heavy (non-hydrogen) atoms. The highest BCUT2D eigenvalue weighted by molar-refractivity contribution is 4.59. The molecule has 1 N–H and O–H groups in total. The Hall–Kier alpha value is -0.0800. The summed E-state index contributed by atoms with van der Waals surface area (Å²) >= 11 is 0. The van der Waals surface area contributed by atoms with Gasteiger partial charge in [-0.25, -0.2) is 0 Å². The van der Waals surface area contributed by atoms with Crippen LogP contribution in [0.25, 0.3) is 0 Å². The number of hydrogen-bond acceptors (Lipinski definition) is 2. The first-order chi connectivity index (χ1) is 4.70. The van der Waals surface area contributed by atoms with Gasteiger partial charge in [0.1, 0.15) is 0 Å². The highest BCUT2D eigenvalue weighted by atomic mass is 16.3. The van der Waals surface area contributed by atoms with Crippen molar-refractivity contribution in [3.05, 3.63) is 0 Å². The molecule has 0 aliphatic rings. The molecule has 2 nitrogen and oxygen atoms in total. The minimum atomic E-state index is 0.325. The van der Waals surface area contributed by atoms with Crippen LogP contribution in [0, 0.1) is 5.92 Å². The van der Waals surface area contributed by atoms with Crippen molar-refractivity contribution in [2.45, 2.75) is 19.8 Å². The van der Waals surface area contributed by atoms with Crippen molar-refractivity contribution >= 4 is 0 Å². The number of aliphatic hydroxyl groups excluding tert-OH is 1. The van der Waals surface area contributed by atoms with Crippen LogP contribution in [-0.4, -0.2) is 37.3 Å². The van der Waals surface area contributed by atoms with Crippen molar-refractivity contribution in [2.24, 2.45) is 5.92 Å². The van der Waals surface area contributed by atoms with E-state index in [0.717, 1.165) is 13.0 Å². The van der Waals surface area contributed by atoms with E-state index in [1.807, 2.05) is 14.1 Å². The summed E-state index contributed by atoms with van der Waals surface area (Å²) in [4.78, 5) is 2.12. The first-order valence-electron chi connectivity index (χ1n) is 3.96. The number of nitrogens with zero attached hydrogens (tertiary/aromatic N) is 1. The maximum absolute atomic E-state index is 8.88. The van der Waals surface area contributed by atoms with E-state index in [1.165, 1.54) is 6.42 Å². The van der Waals surface area contributed by atoms with E-state index in [4.69, 9.17) is 5.11 Å². The highest BCUT2D eigenvalue weighted by Gasteiger charge is 2.05. The fourth-order valence-corrected chi connectivity index (χ4v) is 1.16. The molecule has 0 saturated heterocycles. The summed E-state index contributed by atoms with van der Waals surface area (Å²) in [6.45, 7) is 3.48. The molecule has 0 saturated carbocycles. The van der Waals surface area contributed by atoms with Gasteiger partial charge in [-0.3, -0.25) is 0 Å². The quantitative estimate of drug-likeness (QED) is 0.623. The molecule has 0 aromatic carbocycles. The molecule has 1 unspecified atom stereocenters. The lowest BCUT2D eigenvalue weighted by atomic mass is 10.1. The Morgan fingerprint density at radius 1 is 1.40 bits per heavy atom. The first kappa shape index (κ1) is 9.92. The van der Waals surface area contributed by atoms with Crippen molar-refractivity contribution in [2.75, 3.05) is 27.2 Å². The average molecular weight is 145 g/mol. The van der Waals surface area contributed by atoms with E-state index < -0.39 is 0 Å². The summed E-state index contributed by atoms with van der Waals surface area (Å²) in [6.07, 6.45) is 2.30. The first-order valence-corrected chi connectivity index (χ1v) is 3.96. The summed E-state index contributed by atoms with van der Waals surface area (Å²) in [5, 5.41) is 8.88. The second-order valence-electron chi connectivity index (χ2n) is 3.10. The molecule has 1 atom stereocenters. The lowest BCUT2D eigenvalue weighted by Crippen LogP contribution is -2.23. The van der Waals surface area contributed by atoms with Crippen LogP contribution in [0.1, 0.15) is 19.8 Å². The van der Waals surface area contributed by atoms with E-state index in [-0.39, 0.29) is 0 Å². The third-order valence-corrected chi connectivity index (χ3v) is 1.58. The Labute approximate surface area is 63.8 Å². The summed E-state index contributed by atoms with van der Waals surface area (Å²) < 4.78 is 0. The molecule has 0 aromatic heterocycles. The van der Waals surface area contributed by atoms with E-state index in [2.05, 4.69) is 11.8 Å². The lowest BCUT2D eigenvalue weighted by molar-refractivity contribution is 0.184. The van der Waals surface area contributed by atoms with Crippen LogP contribution in [0.5, 0.6) is 0 Å². The van der Waals surface area contributed by atoms with E-state index >= 15 is 0 Å². The molecular formula is C8H19NO. The van der Waals surface area contributed by atoms with Crippen LogP contribution in [-0.2, 0) is 0 Å². The number of aliphatic hydroxyl groups is 1. The van der Waals surface area contributed by atoms with Crippen molar-refractivity contribution < 1.29 is 5.11 Å². The van der Waals surface area contributed by atoms with E-state index in [9.17, 15) is 0 Å². The summed E-state index contributed by atoms with van der Waals surface area (Å²) in [7, 11) is 4.08. The van der Waals surface area contributed by atoms with Crippen LogP contribution in [0.3, 0.4) is 0 Å². The Kier molecular flexibility index (Phi) is 5.64. The summed E-state index contributed by atoms with van der Waals surface area (Å²) in [5.74, 6) is 0.472. The Bertz CT molecular complexity index is 73.7. The molecule has 0 fully saturated rings. The van der Waals surface area contributed by atoms with Crippen molar-refractivity contribution in [3.8, 4) is 0 Å². The zero-order valence-corrected chi connectivity index (χ0v) is 7.30. The predicted octanol–water partition coefficient (Wildman–Crippen LogP) is 0.957. The number of rotatable bonds is 5. The van der Waals surface area contributed by atoms with Gasteiger partial charge < -0.3 is 10.0 Å². The Balaban J connectivity index is 3.39. The predicted molar refractivity (Wildman–Crippen MR) is 44.0 cm³/mol. The minimum absolute atomic E-state index is 0.325. The zero-order valence-electron chi connectivity index (χ0n) is 7.30. The largest absolute Gasteiger partial charge is 0.396 e. The molecule has 0 aliphatic heterocycles. The Morgan fingerprint density at radius 3 is 2.30 bits per heavy atom. The monoisotopic (exact) mass is 145 g/mol. The van der Waals surface area contributed by atoms with Crippen LogP contribution >= 0.6 is 0 Å². The summed E-state index contributed by atoms with van der Waals surface area (Å²) in [6, 6.07) is 0. The van der Waals surface area contributed by atoms with Gasteiger partial charge in [0.15, 0.2) is 0 Å². The molecule has 0 amide bonds. The van der Waals surface area contributed by atoms with Crippen LogP contribution < -0.4 is 0 Å².